The third-order valence-corrected chi connectivity index (χ3v) is 3.51. The highest BCUT2D eigenvalue weighted by Gasteiger charge is 2.22. The first-order valence-corrected chi connectivity index (χ1v) is 6.72. The van der Waals surface area contributed by atoms with Crippen molar-refractivity contribution >= 4 is 5.82 Å². The zero-order chi connectivity index (χ0) is 13.8. The summed E-state index contributed by atoms with van der Waals surface area (Å²) in [5.74, 6) is 0.153. The molecule has 19 heavy (non-hydrogen) atoms. The monoisotopic (exact) mass is 267 g/mol. The molecule has 1 aromatic rings. The number of nitrogens with zero attached hydrogens (tertiary/aromatic N) is 2. The quantitative estimate of drug-likeness (QED) is 0.819. The maximum atomic E-state index is 14.4. The van der Waals surface area contributed by atoms with Crippen LogP contribution in [0.4, 0.5) is 10.2 Å². The first-order chi connectivity index (χ1) is 9.13. The van der Waals surface area contributed by atoms with Gasteiger partial charge in [-0.25, -0.2) is 9.37 Å². The summed E-state index contributed by atoms with van der Waals surface area (Å²) < 4.78 is 19.5. The van der Waals surface area contributed by atoms with E-state index in [1.807, 2.05) is 18.9 Å². The Balaban J connectivity index is 2.08. The lowest BCUT2D eigenvalue weighted by Crippen LogP contribution is -2.34. The first-order valence-electron chi connectivity index (χ1n) is 6.72. The molecule has 1 saturated carbocycles. The molecule has 1 heterocycles. The smallest absolute Gasteiger partial charge is 0.170 e. The van der Waals surface area contributed by atoms with Crippen LogP contribution < -0.4 is 10.2 Å². The fraction of sp³-hybridized carbons (Fsp3) is 0.643. The van der Waals surface area contributed by atoms with E-state index in [1.54, 1.807) is 19.4 Å². The number of ether oxygens (including phenoxy) is 1. The molecule has 106 valence electrons. The Morgan fingerprint density at radius 3 is 2.95 bits per heavy atom. The van der Waals surface area contributed by atoms with Gasteiger partial charge in [0.05, 0.1) is 12.6 Å². The number of halogens is 1. The van der Waals surface area contributed by atoms with E-state index < -0.39 is 0 Å². The van der Waals surface area contributed by atoms with Gasteiger partial charge in [-0.05, 0) is 25.8 Å². The lowest BCUT2D eigenvalue weighted by molar-refractivity contribution is 0.183. The first kappa shape index (κ1) is 14.2. The summed E-state index contributed by atoms with van der Waals surface area (Å²) in [7, 11) is 3.48. The predicted molar refractivity (Wildman–Crippen MR) is 73.8 cm³/mol. The van der Waals surface area contributed by atoms with Crippen LogP contribution >= 0.6 is 0 Å². The van der Waals surface area contributed by atoms with Gasteiger partial charge in [-0.3, -0.25) is 0 Å². The number of pyridine rings is 1. The minimum atomic E-state index is -0.235. The Morgan fingerprint density at radius 1 is 1.58 bits per heavy atom. The number of nitrogens with one attached hydrogen (secondary N) is 1. The molecule has 1 aromatic heterocycles. The highest BCUT2D eigenvalue weighted by Crippen LogP contribution is 2.23. The number of anilines is 1. The van der Waals surface area contributed by atoms with Crippen molar-refractivity contribution in [1.29, 1.82) is 0 Å². The molecular formula is C14H22FN3O. The molecule has 1 fully saturated rings. The van der Waals surface area contributed by atoms with Crippen LogP contribution in [0.3, 0.4) is 0 Å². The lowest BCUT2D eigenvalue weighted by Gasteiger charge is -2.26. The van der Waals surface area contributed by atoms with Gasteiger partial charge in [0, 0.05) is 38.5 Å². The van der Waals surface area contributed by atoms with Gasteiger partial charge in [-0.1, -0.05) is 0 Å². The highest BCUT2D eigenvalue weighted by molar-refractivity contribution is 5.43. The zero-order valence-corrected chi connectivity index (χ0v) is 11.8. The number of aromatic nitrogens is 1. The molecule has 0 spiro atoms. The van der Waals surface area contributed by atoms with E-state index in [-0.39, 0.29) is 11.9 Å². The third-order valence-electron chi connectivity index (χ3n) is 3.51. The molecule has 4 nitrogen and oxygen atoms in total. The largest absolute Gasteiger partial charge is 0.383 e. The second-order valence-electron chi connectivity index (χ2n) is 5.18. The van der Waals surface area contributed by atoms with Gasteiger partial charge in [0.1, 0.15) is 0 Å². The van der Waals surface area contributed by atoms with Gasteiger partial charge in [0.25, 0.3) is 0 Å². The van der Waals surface area contributed by atoms with Crippen LogP contribution in [0.5, 0.6) is 0 Å². The average molecular weight is 267 g/mol. The van der Waals surface area contributed by atoms with Crippen LogP contribution in [-0.4, -0.2) is 37.8 Å². The number of hydrogen-bond donors (Lipinski definition) is 1. The van der Waals surface area contributed by atoms with Crippen LogP contribution in [0, 0.1) is 5.82 Å². The summed E-state index contributed by atoms with van der Waals surface area (Å²) >= 11 is 0. The average Bonchev–Trinajstić information content (AvgIpc) is 3.21. The number of methoxy groups -OCH3 is 1. The number of rotatable bonds is 7. The maximum Gasteiger partial charge on any atom is 0.170 e. The van der Waals surface area contributed by atoms with Gasteiger partial charge in [-0.2, -0.15) is 0 Å². The minimum Gasteiger partial charge on any atom is -0.383 e. The second kappa shape index (κ2) is 6.30. The predicted octanol–water partition coefficient (Wildman–Crippen LogP) is 1.94. The number of hydrogen-bond acceptors (Lipinski definition) is 4. The van der Waals surface area contributed by atoms with E-state index in [9.17, 15) is 4.39 Å². The maximum absolute atomic E-state index is 14.4. The van der Waals surface area contributed by atoms with Crippen molar-refractivity contribution in [3.05, 3.63) is 23.6 Å². The normalized spacial score (nSPS) is 16.4. The Morgan fingerprint density at radius 2 is 2.32 bits per heavy atom. The minimum absolute atomic E-state index is 0.0821. The molecule has 1 aliphatic carbocycles. The van der Waals surface area contributed by atoms with Crippen molar-refractivity contribution in [2.24, 2.45) is 0 Å². The molecule has 0 bridgehead atoms. The summed E-state index contributed by atoms with van der Waals surface area (Å²) in [6.45, 7) is 3.10. The topological polar surface area (TPSA) is 37.4 Å². The van der Waals surface area contributed by atoms with Crippen molar-refractivity contribution in [3.63, 3.8) is 0 Å². The van der Waals surface area contributed by atoms with Crippen molar-refractivity contribution in [1.82, 2.24) is 10.3 Å². The molecule has 2 rings (SSSR count). The molecule has 0 amide bonds. The summed E-state index contributed by atoms with van der Waals surface area (Å²) in [5.41, 5.74) is 0.674. The van der Waals surface area contributed by atoms with Crippen LogP contribution in [0.25, 0.3) is 0 Å². The summed E-state index contributed by atoms with van der Waals surface area (Å²) in [6, 6.07) is 2.39. The van der Waals surface area contributed by atoms with Crippen molar-refractivity contribution in [2.75, 3.05) is 25.7 Å². The fourth-order valence-corrected chi connectivity index (χ4v) is 1.96. The van der Waals surface area contributed by atoms with Crippen molar-refractivity contribution < 1.29 is 9.13 Å². The van der Waals surface area contributed by atoms with E-state index in [2.05, 4.69) is 10.3 Å². The standard InChI is InChI=1S/C14H22FN3O/c1-10(9-19-3)18(2)14-13(15)11(6-7-16-14)8-17-12-4-5-12/h6-7,10,12,17H,4-5,8-9H2,1-3H3. The van der Waals surface area contributed by atoms with E-state index in [1.165, 1.54) is 12.8 Å². The van der Waals surface area contributed by atoms with E-state index in [4.69, 9.17) is 4.74 Å². The van der Waals surface area contributed by atoms with Crippen LogP contribution in [0.2, 0.25) is 0 Å². The van der Waals surface area contributed by atoms with E-state index in [0.717, 1.165) is 0 Å². The van der Waals surface area contributed by atoms with Gasteiger partial charge in [0.2, 0.25) is 0 Å². The molecule has 0 aliphatic heterocycles. The molecule has 0 radical (unpaired) electrons. The van der Waals surface area contributed by atoms with Gasteiger partial charge < -0.3 is 15.0 Å². The van der Waals surface area contributed by atoms with Gasteiger partial charge >= 0.3 is 0 Å². The fourth-order valence-electron chi connectivity index (χ4n) is 1.96. The van der Waals surface area contributed by atoms with Gasteiger partial charge in [-0.15, -0.1) is 0 Å². The van der Waals surface area contributed by atoms with Crippen molar-refractivity contribution in [2.45, 2.75) is 38.4 Å². The Labute approximate surface area is 114 Å². The summed E-state index contributed by atoms with van der Waals surface area (Å²) in [4.78, 5) is 5.97. The Bertz CT molecular complexity index is 423. The molecule has 0 aromatic carbocycles. The number of likely N-dealkylation sites (N-methyl/N-ethyl adjacent to an activating group) is 1. The third kappa shape index (κ3) is 3.64. The molecule has 1 aliphatic rings. The molecule has 1 unspecified atom stereocenters. The molecular weight excluding hydrogens is 245 g/mol. The van der Waals surface area contributed by atoms with Crippen LogP contribution in [0.15, 0.2) is 12.3 Å². The van der Waals surface area contributed by atoms with Crippen molar-refractivity contribution in [3.8, 4) is 0 Å². The van der Waals surface area contributed by atoms with Crippen LogP contribution in [0.1, 0.15) is 25.3 Å². The summed E-state index contributed by atoms with van der Waals surface area (Å²) in [5, 5.41) is 3.32. The Hall–Kier alpha value is -1.20. The van der Waals surface area contributed by atoms with E-state index in [0.29, 0.717) is 30.6 Å². The lowest BCUT2D eigenvalue weighted by atomic mass is 10.2. The highest BCUT2D eigenvalue weighted by atomic mass is 19.1. The summed E-state index contributed by atoms with van der Waals surface area (Å²) in [6.07, 6.45) is 4.06. The zero-order valence-electron chi connectivity index (χ0n) is 11.8. The van der Waals surface area contributed by atoms with E-state index >= 15 is 0 Å². The van der Waals surface area contributed by atoms with Crippen LogP contribution in [-0.2, 0) is 11.3 Å². The molecule has 1 N–H and O–H groups in total. The van der Waals surface area contributed by atoms with Gasteiger partial charge in [0.15, 0.2) is 11.6 Å². The molecule has 5 heteroatoms. The molecule has 0 saturated heterocycles. The Kier molecular flexibility index (Phi) is 4.71. The molecule has 1 atom stereocenters. The second-order valence-corrected chi connectivity index (χ2v) is 5.18. The SMILES string of the molecule is COCC(C)N(C)c1nccc(CNC2CC2)c1F.